The van der Waals surface area contributed by atoms with E-state index in [1.807, 2.05) is 73.8 Å². The number of fused-ring (bicyclic) bond motifs is 1. The van der Waals surface area contributed by atoms with E-state index in [4.69, 9.17) is 25.7 Å². The van der Waals surface area contributed by atoms with Gasteiger partial charge in [0, 0.05) is 47.8 Å². The van der Waals surface area contributed by atoms with Gasteiger partial charge in [-0.3, -0.25) is 4.79 Å². The average molecular weight is 660 g/mol. The van der Waals surface area contributed by atoms with Crippen molar-refractivity contribution in [1.82, 2.24) is 14.9 Å². The van der Waals surface area contributed by atoms with Crippen LogP contribution in [0.2, 0.25) is 5.02 Å². The van der Waals surface area contributed by atoms with Gasteiger partial charge in [-0.05, 0) is 36.1 Å². The minimum absolute atomic E-state index is 0.0108. The molecule has 0 aliphatic heterocycles. The Bertz CT molecular complexity index is 2070. The van der Waals surface area contributed by atoms with E-state index in [0.29, 0.717) is 46.7 Å². The third-order valence-corrected chi connectivity index (χ3v) is 8.59. The lowest BCUT2D eigenvalue weighted by Gasteiger charge is -2.26. The molecule has 1 unspecified atom stereocenters. The third-order valence-electron chi connectivity index (χ3n) is 8.36. The van der Waals surface area contributed by atoms with E-state index < -0.39 is 6.09 Å². The molecular formula is C40H38ClN3O4. The summed E-state index contributed by atoms with van der Waals surface area (Å²) in [5.74, 6) is 1.33. The van der Waals surface area contributed by atoms with E-state index in [0.717, 1.165) is 33.8 Å². The first-order valence-electron chi connectivity index (χ1n) is 16.1. The number of carbonyl (C=O) groups excluding carboxylic acids is 1. The number of hydrogen-bond donors (Lipinski definition) is 1. The van der Waals surface area contributed by atoms with E-state index in [2.05, 4.69) is 48.0 Å². The lowest BCUT2D eigenvalue weighted by Crippen LogP contribution is -2.26. The molecule has 1 N–H and O–H groups in total. The van der Waals surface area contributed by atoms with E-state index >= 15 is 0 Å². The van der Waals surface area contributed by atoms with Crippen LogP contribution in [0.4, 0.5) is 4.79 Å². The molecule has 0 bridgehead atoms. The van der Waals surface area contributed by atoms with Gasteiger partial charge in [-0.25, -0.2) is 9.78 Å². The molecule has 1 amide bonds. The summed E-state index contributed by atoms with van der Waals surface area (Å²) < 4.78 is 14.2. The summed E-state index contributed by atoms with van der Waals surface area (Å²) >= 11 is 6.38. The van der Waals surface area contributed by atoms with Crippen LogP contribution in [0.5, 0.6) is 0 Å². The number of hydrogen-bond acceptors (Lipinski definition) is 5. The number of imidazole rings is 1. The molecule has 6 rings (SSSR count). The maximum Gasteiger partial charge on any atom is 0.407 e. The van der Waals surface area contributed by atoms with Crippen molar-refractivity contribution in [2.24, 2.45) is 5.92 Å². The number of carbonyl (C=O) groups is 1. The van der Waals surface area contributed by atoms with Crippen molar-refractivity contribution in [3.63, 3.8) is 0 Å². The Labute approximate surface area is 285 Å². The van der Waals surface area contributed by atoms with Gasteiger partial charge < -0.3 is 19.0 Å². The van der Waals surface area contributed by atoms with Crippen molar-refractivity contribution in [3.05, 3.63) is 158 Å². The van der Waals surface area contributed by atoms with Crippen molar-refractivity contribution < 1.29 is 13.9 Å². The van der Waals surface area contributed by atoms with Crippen molar-refractivity contribution in [3.8, 4) is 11.4 Å². The smallest absolute Gasteiger partial charge is 0.407 e. The maximum absolute atomic E-state index is 14.2. The molecule has 8 heteroatoms. The van der Waals surface area contributed by atoms with Crippen molar-refractivity contribution >= 4 is 28.7 Å². The summed E-state index contributed by atoms with van der Waals surface area (Å²) in [5, 5.41) is 3.83. The Morgan fingerprint density at radius 2 is 1.62 bits per heavy atom. The molecule has 7 nitrogen and oxygen atoms in total. The summed E-state index contributed by atoms with van der Waals surface area (Å²) in [6, 6.07) is 32.5. The molecule has 0 aliphatic carbocycles. The van der Waals surface area contributed by atoms with E-state index in [-0.39, 0.29) is 24.0 Å². The fourth-order valence-corrected chi connectivity index (χ4v) is 6.10. The van der Waals surface area contributed by atoms with Gasteiger partial charge >= 0.3 is 6.09 Å². The summed E-state index contributed by atoms with van der Waals surface area (Å²) in [5.41, 5.74) is 5.76. The molecule has 0 saturated carbocycles. The third kappa shape index (κ3) is 7.53. The van der Waals surface area contributed by atoms with Crippen LogP contribution in [0.25, 0.3) is 22.4 Å². The lowest BCUT2D eigenvalue weighted by atomic mass is 9.93. The number of nitrogens with zero attached hydrogens (tertiary/aromatic N) is 2. The van der Waals surface area contributed by atoms with Crippen LogP contribution in [0.15, 0.2) is 119 Å². The summed E-state index contributed by atoms with van der Waals surface area (Å²) in [6.07, 6.45) is 2.41. The molecule has 0 radical (unpaired) electrons. The molecule has 48 heavy (non-hydrogen) atoms. The Kier molecular flexibility index (Phi) is 10.1. The van der Waals surface area contributed by atoms with Crippen molar-refractivity contribution in [2.45, 2.75) is 46.3 Å². The number of alkyl carbamates (subject to hydrolysis) is 1. The van der Waals surface area contributed by atoms with Crippen LogP contribution in [0.1, 0.15) is 53.6 Å². The highest BCUT2D eigenvalue weighted by atomic mass is 35.5. The van der Waals surface area contributed by atoms with Crippen LogP contribution in [0.3, 0.4) is 0 Å². The molecule has 0 aliphatic rings. The van der Waals surface area contributed by atoms with Gasteiger partial charge in [-0.15, -0.1) is 0 Å². The molecule has 2 heterocycles. The first-order chi connectivity index (χ1) is 23.3. The van der Waals surface area contributed by atoms with Gasteiger partial charge in [0.25, 0.3) is 0 Å². The number of halogens is 1. The number of aryl methyl sites for hydroxylation is 1. The first-order valence-corrected chi connectivity index (χ1v) is 16.5. The predicted molar refractivity (Wildman–Crippen MR) is 190 cm³/mol. The van der Waals surface area contributed by atoms with Gasteiger partial charge in [0.1, 0.15) is 23.8 Å². The fourth-order valence-electron chi connectivity index (χ4n) is 5.94. The van der Waals surface area contributed by atoms with Gasteiger partial charge in [0.05, 0.1) is 17.1 Å². The largest absolute Gasteiger partial charge is 0.458 e. The minimum atomic E-state index is -0.487. The number of amides is 1. The van der Waals surface area contributed by atoms with Crippen LogP contribution >= 0.6 is 11.6 Å². The van der Waals surface area contributed by atoms with Crippen LogP contribution in [-0.4, -0.2) is 22.2 Å². The molecule has 0 saturated heterocycles. The van der Waals surface area contributed by atoms with Crippen LogP contribution < -0.4 is 10.7 Å². The zero-order valence-electron chi connectivity index (χ0n) is 27.3. The number of benzene rings is 4. The Hall–Kier alpha value is -5.14. The SMILES string of the molecule is Cc1ccc(-c2nc(CCNC(=O)OCc3ccccc3)cn2C(c2oc3cc(Cl)ccc3c(=O)c2Cc2ccccc2)C(C)C)cc1. The number of aromatic nitrogens is 2. The first kappa shape index (κ1) is 32.8. The Balaban J connectivity index is 1.38. The van der Waals surface area contributed by atoms with E-state index in [1.165, 1.54) is 0 Å². The topological polar surface area (TPSA) is 86.4 Å². The van der Waals surface area contributed by atoms with Crippen molar-refractivity contribution in [1.29, 1.82) is 0 Å². The maximum atomic E-state index is 14.2. The highest BCUT2D eigenvalue weighted by Gasteiger charge is 2.30. The molecule has 2 aromatic heterocycles. The molecule has 4 aromatic carbocycles. The second kappa shape index (κ2) is 14.7. The Morgan fingerprint density at radius 1 is 0.938 bits per heavy atom. The number of ether oxygens (including phenoxy) is 1. The normalized spacial score (nSPS) is 11.9. The lowest BCUT2D eigenvalue weighted by molar-refractivity contribution is 0.140. The molecule has 6 aromatic rings. The summed E-state index contributed by atoms with van der Waals surface area (Å²) in [7, 11) is 0. The van der Waals surface area contributed by atoms with Gasteiger partial charge in [-0.1, -0.05) is 116 Å². The minimum Gasteiger partial charge on any atom is -0.458 e. The van der Waals surface area contributed by atoms with E-state index in [9.17, 15) is 9.59 Å². The van der Waals surface area contributed by atoms with Gasteiger partial charge in [-0.2, -0.15) is 0 Å². The van der Waals surface area contributed by atoms with Gasteiger partial charge in [0.2, 0.25) is 0 Å². The van der Waals surface area contributed by atoms with Crippen LogP contribution in [-0.2, 0) is 24.2 Å². The second-order valence-electron chi connectivity index (χ2n) is 12.3. The molecule has 0 fully saturated rings. The number of nitrogens with one attached hydrogen (secondary N) is 1. The van der Waals surface area contributed by atoms with Crippen molar-refractivity contribution in [2.75, 3.05) is 6.54 Å². The fraction of sp³-hybridized carbons (Fsp3) is 0.225. The summed E-state index contributed by atoms with van der Waals surface area (Å²) in [4.78, 5) is 31.7. The quantitative estimate of drug-likeness (QED) is 0.150. The number of rotatable bonds is 11. The zero-order chi connectivity index (χ0) is 33.6. The molecular weight excluding hydrogens is 622 g/mol. The molecule has 0 spiro atoms. The molecule has 244 valence electrons. The Morgan fingerprint density at radius 3 is 2.31 bits per heavy atom. The van der Waals surface area contributed by atoms with E-state index in [1.54, 1.807) is 18.2 Å². The molecule has 1 atom stereocenters. The predicted octanol–water partition coefficient (Wildman–Crippen LogP) is 8.92. The average Bonchev–Trinajstić information content (AvgIpc) is 3.49. The van der Waals surface area contributed by atoms with Crippen LogP contribution in [0, 0.1) is 12.8 Å². The zero-order valence-corrected chi connectivity index (χ0v) is 28.0. The highest BCUT2D eigenvalue weighted by molar-refractivity contribution is 6.31. The standard InChI is InChI=1S/C40H38ClN3O4/c1-26(2)36(38-34(22-28-10-6-4-7-11-28)37(45)33-19-18-31(41)23-35(33)48-38)44-24-32(43-39(44)30-16-14-27(3)15-17-30)20-21-42-40(46)47-25-29-12-8-5-9-13-29/h4-19,23-24,26,36H,20-22,25H2,1-3H3,(H,42,46). The highest BCUT2D eigenvalue weighted by Crippen LogP contribution is 2.36. The monoisotopic (exact) mass is 659 g/mol. The summed E-state index contributed by atoms with van der Waals surface area (Å²) in [6.45, 7) is 6.81. The van der Waals surface area contributed by atoms with Gasteiger partial charge in [0.15, 0.2) is 5.43 Å². The second-order valence-corrected chi connectivity index (χ2v) is 12.8.